The zero-order chi connectivity index (χ0) is 33.8. The van der Waals surface area contributed by atoms with E-state index in [4.69, 9.17) is 9.47 Å². The van der Waals surface area contributed by atoms with Gasteiger partial charge in [0, 0.05) is 60.7 Å². The molecule has 1 fully saturated rings. The van der Waals surface area contributed by atoms with Gasteiger partial charge in [0.25, 0.3) is 5.91 Å². The molecule has 47 heavy (non-hydrogen) atoms. The maximum Gasteiger partial charge on any atom is 0.512 e. The third-order valence-electron chi connectivity index (χ3n) is 7.72. The number of hydrogen-bond acceptors (Lipinski definition) is 9. The number of anilines is 3. The van der Waals surface area contributed by atoms with Crippen molar-refractivity contribution in [2.24, 2.45) is 0 Å². The Balaban J connectivity index is 0.00000245. The summed E-state index contributed by atoms with van der Waals surface area (Å²) in [6.45, 7) is 14.2. The van der Waals surface area contributed by atoms with Crippen LogP contribution in [0.2, 0.25) is 0 Å². The molecular weight excluding hydrogens is 594 g/mol. The number of nitrogens with zero attached hydrogens (tertiary/aromatic N) is 5. The molecule has 1 saturated heterocycles. The van der Waals surface area contributed by atoms with E-state index in [0.717, 1.165) is 60.8 Å². The molecule has 0 bridgehead atoms. The molecule has 1 aliphatic rings. The van der Waals surface area contributed by atoms with Crippen molar-refractivity contribution in [3.8, 4) is 11.3 Å². The minimum Gasteiger partial charge on any atom is -0.431 e. The van der Waals surface area contributed by atoms with Gasteiger partial charge in [0.05, 0.1) is 31.9 Å². The van der Waals surface area contributed by atoms with Gasteiger partial charge in [-0.05, 0) is 74.4 Å². The fourth-order valence-electron chi connectivity index (χ4n) is 4.98. The van der Waals surface area contributed by atoms with Crippen LogP contribution in [0.15, 0.2) is 79.3 Å². The maximum absolute atomic E-state index is 13.1. The lowest BCUT2D eigenvalue weighted by Gasteiger charge is -2.41. The number of carbonyl (C=O) groups excluding carboxylic acids is 2. The molecule has 2 aromatic carbocycles. The number of benzene rings is 2. The van der Waals surface area contributed by atoms with Crippen molar-refractivity contribution in [1.82, 2.24) is 19.9 Å². The number of ether oxygens (including phenoxy) is 2. The number of aromatic nitrogens is 3. The molecule has 3 heterocycles. The highest BCUT2D eigenvalue weighted by molar-refractivity contribution is 6.04. The highest BCUT2D eigenvalue weighted by Gasteiger charge is 2.30. The van der Waals surface area contributed by atoms with E-state index in [1.54, 1.807) is 32.4 Å². The van der Waals surface area contributed by atoms with Crippen LogP contribution in [0.25, 0.3) is 11.3 Å². The summed E-state index contributed by atoms with van der Waals surface area (Å²) in [6, 6.07) is 19.1. The van der Waals surface area contributed by atoms with Gasteiger partial charge in [0.2, 0.25) is 12.7 Å². The summed E-state index contributed by atoms with van der Waals surface area (Å²) in [5.74, 6) is 0.267. The fourth-order valence-corrected chi connectivity index (χ4v) is 4.98. The summed E-state index contributed by atoms with van der Waals surface area (Å²) >= 11 is 0. The second-order valence-electron chi connectivity index (χ2n) is 11.8. The summed E-state index contributed by atoms with van der Waals surface area (Å²) in [7, 11) is 2.09. The first-order valence-electron chi connectivity index (χ1n) is 16.1. The first-order chi connectivity index (χ1) is 22.7. The number of rotatable bonds is 10. The van der Waals surface area contributed by atoms with E-state index in [2.05, 4.69) is 37.5 Å². The molecule has 0 radical (unpaired) electrons. The van der Waals surface area contributed by atoms with Crippen molar-refractivity contribution in [3.63, 3.8) is 0 Å². The average molecular weight is 641 g/mol. The fraction of sp³-hybridized carbons (Fsp3) is 0.361. The van der Waals surface area contributed by atoms with Crippen LogP contribution in [0.5, 0.6) is 0 Å². The summed E-state index contributed by atoms with van der Waals surface area (Å²) in [4.78, 5) is 40.4. The van der Waals surface area contributed by atoms with E-state index in [0.29, 0.717) is 28.4 Å². The molecule has 5 rings (SSSR count). The Kier molecular flexibility index (Phi) is 12.4. The molecule has 0 atom stereocenters. The Labute approximate surface area is 277 Å². The van der Waals surface area contributed by atoms with Gasteiger partial charge >= 0.3 is 6.16 Å². The Morgan fingerprint density at radius 3 is 2.43 bits per heavy atom. The molecule has 248 valence electrons. The third-order valence-corrected chi connectivity index (χ3v) is 7.72. The van der Waals surface area contributed by atoms with E-state index in [-0.39, 0.29) is 12.0 Å². The van der Waals surface area contributed by atoms with Gasteiger partial charge in [-0.2, -0.15) is 0 Å². The first kappa shape index (κ1) is 35.0. The summed E-state index contributed by atoms with van der Waals surface area (Å²) < 4.78 is 11.1. The lowest BCUT2D eigenvalue weighted by Crippen LogP contribution is -2.58. The number of amides is 1. The van der Waals surface area contributed by atoms with Crippen LogP contribution in [0.1, 0.15) is 49.2 Å². The molecule has 0 spiro atoms. The number of hydrogen-bond donors (Lipinski definition) is 2. The predicted molar refractivity (Wildman–Crippen MR) is 184 cm³/mol. The van der Waals surface area contributed by atoms with E-state index in [1.165, 1.54) is 0 Å². The summed E-state index contributed by atoms with van der Waals surface area (Å²) in [5, 5.41) is 6.28. The Bertz CT molecular complexity index is 1610. The van der Waals surface area contributed by atoms with E-state index in [9.17, 15) is 9.59 Å². The average Bonchev–Trinajstić information content (AvgIpc) is 3.08. The predicted octanol–water partition coefficient (Wildman–Crippen LogP) is 6.65. The Hall–Kier alpha value is -4.87. The first-order valence-corrected chi connectivity index (χ1v) is 16.1. The molecule has 2 aromatic heterocycles. The zero-order valence-corrected chi connectivity index (χ0v) is 28.2. The Morgan fingerprint density at radius 2 is 1.74 bits per heavy atom. The molecule has 11 heteroatoms. The van der Waals surface area contributed by atoms with Crippen molar-refractivity contribution in [1.29, 1.82) is 0 Å². The van der Waals surface area contributed by atoms with Gasteiger partial charge in [0.15, 0.2) is 0 Å². The standard InChI is InChI=1S/C34H39N7O4.C2H6/c1-24(2)45-34(43)44-23-41(4)18-16-40(17-19-41)22-26-8-10-27(11-9-26)32(42)37-29-12-7-25(3)31(20-29)39-33-36-15-13-30(38-33)28-6-5-14-35-21-28;1-2/h5-15,20-21,24H,16-19,22-23H2,1-4H3,(H-,36,37,38,39,42);1-2H3/p+1. The van der Waals surface area contributed by atoms with Crippen molar-refractivity contribution in [3.05, 3.63) is 95.9 Å². The molecule has 11 nitrogen and oxygen atoms in total. The van der Waals surface area contributed by atoms with Crippen LogP contribution in [0.3, 0.4) is 0 Å². The van der Waals surface area contributed by atoms with Crippen LogP contribution >= 0.6 is 0 Å². The highest BCUT2D eigenvalue weighted by atomic mass is 16.7. The maximum atomic E-state index is 13.1. The second kappa shape index (κ2) is 16.6. The number of aryl methyl sites for hydroxylation is 1. The lowest BCUT2D eigenvalue weighted by atomic mass is 10.1. The molecule has 0 unspecified atom stereocenters. The van der Waals surface area contributed by atoms with Crippen molar-refractivity contribution in [2.75, 3.05) is 50.6 Å². The molecule has 0 aliphatic carbocycles. The second-order valence-corrected chi connectivity index (χ2v) is 11.8. The number of piperazine rings is 1. The van der Waals surface area contributed by atoms with Gasteiger partial charge in [0.1, 0.15) is 0 Å². The quantitative estimate of drug-likeness (QED) is 0.145. The monoisotopic (exact) mass is 640 g/mol. The van der Waals surface area contributed by atoms with E-state index < -0.39 is 6.16 Å². The lowest BCUT2D eigenvalue weighted by molar-refractivity contribution is -0.929. The smallest absolute Gasteiger partial charge is 0.431 e. The van der Waals surface area contributed by atoms with Gasteiger partial charge in [-0.3, -0.25) is 19.2 Å². The molecule has 4 aromatic rings. The summed E-state index contributed by atoms with van der Waals surface area (Å²) in [6.07, 6.45) is 4.37. The molecule has 0 saturated carbocycles. The van der Waals surface area contributed by atoms with Crippen molar-refractivity contribution in [2.45, 2.75) is 47.3 Å². The van der Waals surface area contributed by atoms with Gasteiger partial charge in [-0.1, -0.05) is 32.0 Å². The molecule has 1 aliphatic heterocycles. The SMILES string of the molecule is CC.Cc1ccc(NC(=O)c2ccc(CN3CC[N+](C)(COC(=O)OC(C)C)CC3)cc2)cc1Nc1nccc(-c2cccnc2)n1. The zero-order valence-electron chi connectivity index (χ0n) is 28.2. The topological polar surface area (TPSA) is 119 Å². The van der Waals surface area contributed by atoms with Crippen LogP contribution < -0.4 is 10.6 Å². The molecule has 1 amide bonds. The van der Waals surface area contributed by atoms with Crippen LogP contribution in [0.4, 0.5) is 22.1 Å². The van der Waals surface area contributed by atoms with Crippen LogP contribution in [0, 0.1) is 6.92 Å². The van der Waals surface area contributed by atoms with Crippen molar-refractivity contribution >= 4 is 29.4 Å². The largest absolute Gasteiger partial charge is 0.512 e. The number of likely N-dealkylation sites (N-methyl/N-ethyl adjacent to an activating group) is 1. The molecular formula is C36H46N7O4+. The highest BCUT2D eigenvalue weighted by Crippen LogP contribution is 2.25. The van der Waals surface area contributed by atoms with Gasteiger partial charge < -0.3 is 20.1 Å². The Morgan fingerprint density at radius 1 is 1.00 bits per heavy atom. The number of nitrogens with one attached hydrogen (secondary N) is 2. The van der Waals surface area contributed by atoms with E-state index >= 15 is 0 Å². The molecule has 2 N–H and O–H groups in total. The van der Waals surface area contributed by atoms with Gasteiger partial charge in [-0.25, -0.2) is 14.8 Å². The number of pyridine rings is 1. The van der Waals surface area contributed by atoms with Crippen LogP contribution in [-0.2, 0) is 16.0 Å². The third kappa shape index (κ3) is 10.3. The normalized spacial score (nSPS) is 14.0. The summed E-state index contributed by atoms with van der Waals surface area (Å²) in [5.41, 5.74) is 5.83. The minimum absolute atomic E-state index is 0.187. The van der Waals surface area contributed by atoms with Gasteiger partial charge in [-0.15, -0.1) is 0 Å². The number of carbonyl (C=O) groups is 2. The number of quaternary nitrogens is 1. The van der Waals surface area contributed by atoms with E-state index in [1.807, 2.05) is 81.4 Å². The minimum atomic E-state index is -0.618. The van der Waals surface area contributed by atoms with Crippen LogP contribution in [-0.4, -0.2) is 82.5 Å². The van der Waals surface area contributed by atoms with Crippen molar-refractivity contribution < 1.29 is 23.5 Å².